The van der Waals surface area contributed by atoms with Crippen LogP contribution in [0, 0.1) is 11.8 Å². The zero-order chi connectivity index (χ0) is 15.7. The first-order chi connectivity index (χ1) is 9.29. The molecule has 0 aromatic rings. The summed E-state index contributed by atoms with van der Waals surface area (Å²) in [4.78, 5) is 36.0. The first kappa shape index (κ1) is 18.4. The Kier molecular flexibility index (Phi) is 8.59. The molecule has 0 fully saturated rings. The summed E-state index contributed by atoms with van der Waals surface area (Å²) in [5.41, 5.74) is 0. The zero-order valence-corrected chi connectivity index (χ0v) is 13.1. The average molecular weight is 286 g/mol. The number of nitrogens with one attached hydrogen (secondary N) is 1. The Morgan fingerprint density at radius 1 is 1.20 bits per heavy atom. The Labute approximate surface area is 120 Å². The third-order valence-corrected chi connectivity index (χ3v) is 2.88. The van der Waals surface area contributed by atoms with Gasteiger partial charge in [-0.1, -0.05) is 20.8 Å². The molecule has 6 nitrogen and oxygen atoms in total. The topological polar surface area (TPSA) is 75.7 Å². The molecule has 0 spiro atoms. The second-order valence-electron chi connectivity index (χ2n) is 5.20. The minimum atomic E-state index is -0.358. The van der Waals surface area contributed by atoms with Gasteiger partial charge in [0, 0.05) is 32.5 Å². The van der Waals surface area contributed by atoms with E-state index >= 15 is 0 Å². The first-order valence-electron chi connectivity index (χ1n) is 6.90. The zero-order valence-electron chi connectivity index (χ0n) is 13.1. The highest BCUT2D eigenvalue weighted by Crippen LogP contribution is 2.08. The van der Waals surface area contributed by atoms with Crippen molar-refractivity contribution < 1.29 is 19.1 Å². The van der Waals surface area contributed by atoms with E-state index in [1.807, 2.05) is 13.8 Å². The predicted octanol–water partition coefficient (Wildman–Crippen LogP) is 0.806. The van der Waals surface area contributed by atoms with Crippen LogP contribution in [-0.2, 0) is 19.1 Å². The predicted molar refractivity (Wildman–Crippen MR) is 75.9 cm³/mol. The molecular weight excluding hydrogens is 260 g/mol. The van der Waals surface area contributed by atoms with E-state index < -0.39 is 0 Å². The number of hydrogen-bond donors (Lipinski definition) is 1. The number of rotatable bonds is 8. The van der Waals surface area contributed by atoms with Gasteiger partial charge in [-0.15, -0.1) is 0 Å². The van der Waals surface area contributed by atoms with E-state index in [1.54, 1.807) is 11.8 Å². The number of carbonyl (C=O) groups excluding carboxylic acids is 3. The summed E-state index contributed by atoms with van der Waals surface area (Å²) in [6, 6.07) is 0. The van der Waals surface area contributed by atoms with Gasteiger partial charge in [-0.3, -0.25) is 14.4 Å². The summed E-state index contributed by atoms with van der Waals surface area (Å²) in [5.74, 6) is -0.893. The Bertz CT molecular complexity index is 342. The van der Waals surface area contributed by atoms with E-state index in [9.17, 15) is 14.4 Å². The molecule has 1 N–H and O–H groups in total. The minimum Gasteiger partial charge on any atom is -0.469 e. The molecule has 1 atom stereocenters. The lowest BCUT2D eigenvalue weighted by Crippen LogP contribution is -2.41. The number of amides is 2. The summed E-state index contributed by atoms with van der Waals surface area (Å²) in [6.07, 6.45) is 0.659. The average Bonchev–Trinajstić information content (AvgIpc) is 2.39. The lowest BCUT2D eigenvalue weighted by molar-refractivity contribution is -0.146. The maximum atomic E-state index is 12.1. The molecule has 0 bridgehead atoms. The standard InChI is InChI=1S/C14H26N2O4/c1-10(2)13(18)16(8-6-7-15-12(4)17)9-11(3)14(19)20-5/h10-11H,6-9H2,1-5H3,(H,15,17). The molecule has 0 aromatic carbocycles. The van der Waals surface area contributed by atoms with E-state index in [1.165, 1.54) is 14.0 Å². The van der Waals surface area contributed by atoms with Gasteiger partial charge in [0.05, 0.1) is 13.0 Å². The molecule has 0 radical (unpaired) electrons. The number of carbonyl (C=O) groups is 3. The van der Waals surface area contributed by atoms with Crippen molar-refractivity contribution in [3.05, 3.63) is 0 Å². The van der Waals surface area contributed by atoms with Crippen LogP contribution in [0.25, 0.3) is 0 Å². The number of nitrogens with zero attached hydrogens (tertiary/aromatic N) is 1. The monoisotopic (exact) mass is 286 g/mol. The Balaban J connectivity index is 4.46. The normalized spacial score (nSPS) is 11.9. The second-order valence-corrected chi connectivity index (χ2v) is 5.20. The fraction of sp³-hybridized carbons (Fsp3) is 0.786. The van der Waals surface area contributed by atoms with E-state index in [4.69, 9.17) is 0 Å². The molecule has 116 valence electrons. The van der Waals surface area contributed by atoms with Crippen molar-refractivity contribution in [1.29, 1.82) is 0 Å². The molecule has 1 unspecified atom stereocenters. The quantitative estimate of drug-likeness (QED) is 0.529. The minimum absolute atomic E-state index is 0.00331. The third kappa shape index (κ3) is 7.11. The number of esters is 1. The van der Waals surface area contributed by atoms with Gasteiger partial charge in [0.15, 0.2) is 0 Å². The molecule has 0 aliphatic heterocycles. The van der Waals surface area contributed by atoms with Gasteiger partial charge < -0.3 is 15.0 Å². The van der Waals surface area contributed by atoms with Crippen molar-refractivity contribution in [1.82, 2.24) is 10.2 Å². The van der Waals surface area contributed by atoms with Crippen LogP contribution in [0.2, 0.25) is 0 Å². The van der Waals surface area contributed by atoms with E-state index in [2.05, 4.69) is 10.1 Å². The number of methoxy groups -OCH3 is 1. The molecule has 0 aliphatic carbocycles. The highest BCUT2D eigenvalue weighted by molar-refractivity contribution is 5.79. The van der Waals surface area contributed by atoms with E-state index in [-0.39, 0.29) is 29.6 Å². The van der Waals surface area contributed by atoms with Crippen LogP contribution >= 0.6 is 0 Å². The van der Waals surface area contributed by atoms with Crippen molar-refractivity contribution in [2.45, 2.75) is 34.1 Å². The van der Waals surface area contributed by atoms with Crippen LogP contribution < -0.4 is 5.32 Å². The van der Waals surface area contributed by atoms with Gasteiger partial charge in [-0.2, -0.15) is 0 Å². The summed E-state index contributed by atoms with van der Waals surface area (Å²) >= 11 is 0. The van der Waals surface area contributed by atoms with Crippen LogP contribution in [0.5, 0.6) is 0 Å². The maximum absolute atomic E-state index is 12.1. The molecule has 0 saturated carbocycles. The van der Waals surface area contributed by atoms with Crippen LogP contribution in [0.1, 0.15) is 34.1 Å². The van der Waals surface area contributed by atoms with Crippen molar-refractivity contribution in [2.24, 2.45) is 11.8 Å². The fourth-order valence-corrected chi connectivity index (χ4v) is 1.80. The van der Waals surface area contributed by atoms with Crippen LogP contribution in [-0.4, -0.2) is 49.4 Å². The van der Waals surface area contributed by atoms with Gasteiger partial charge in [-0.25, -0.2) is 0 Å². The van der Waals surface area contributed by atoms with E-state index in [0.717, 1.165) is 0 Å². The smallest absolute Gasteiger partial charge is 0.310 e. The fourth-order valence-electron chi connectivity index (χ4n) is 1.80. The van der Waals surface area contributed by atoms with Crippen molar-refractivity contribution in [3.63, 3.8) is 0 Å². The van der Waals surface area contributed by atoms with Gasteiger partial charge in [0.1, 0.15) is 0 Å². The molecule has 6 heteroatoms. The first-order valence-corrected chi connectivity index (χ1v) is 6.90. The molecule has 0 heterocycles. The van der Waals surface area contributed by atoms with Crippen LogP contribution in [0.4, 0.5) is 0 Å². The highest BCUT2D eigenvalue weighted by Gasteiger charge is 2.22. The Hall–Kier alpha value is -1.59. The van der Waals surface area contributed by atoms with Gasteiger partial charge in [0.25, 0.3) is 0 Å². The van der Waals surface area contributed by atoms with Crippen molar-refractivity contribution in [2.75, 3.05) is 26.7 Å². The summed E-state index contributed by atoms with van der Waals surface area (Å²) in [6.45, 7) is 8.21. The molecule has 2 amide bonds. The Morgan fingerprint density at radius 3 is 2.25 bits per heavy atom. The summed E-state index contributed by atoms with van der Waals surface area (Å²) in [5, 5.41) is 2.69. The summed E-state index contributed by atoms with van der Waals surface area (Å²) < 4.78 is 4.68. The molecular formula is C14H26N2O4. The highest BCUT2D eigenvalue weighted by atomic mass is 16.5. The molecule has 20 heavy (non-hydrogen) atoms. The lowest BCUT2D eigenvalue weighted by Gasteiger charge is -2.26. The maximum Gasteiger partial charge on any atom is 0.310 e. The van der Waals surface area contributed by atoms with Crippen LogP contribution in [0.3, 0.4) is 0 Å². The van der Waals surface area contributed by atoms with E-state index in [0.29, 0.717) is 26.1 Å². The lowest BCUT2D eigenvalue weighted by atomic mass is 10.1. The van der Waals surface area contributed by atoms with Gasteiger partial charge in [0.2, 0.25) is 11.8 Å². The molecule has 0 aromatic heterocycles. The Morgan fingerprint density at radius 2 is 1.80 bits per heavy atom. The molecule has 0 rings (SSSR count). The van der Waals surface area contributed by atoms with Crippen molar-refractivity contribution in [3.8, 4) is 0 Å². The second kappa shape index (κ2) is 9.34. The van der Waals surface area contributed by atoms with Gasteiger partial charge in [-0.05, 0) is 6.42 Å². The molecule has 0 saturated heterocycles. The SMILES string of the molecule is COC(=O)C(C)CN(CCCNC(C)=O)C(=O)C(C)C. The summed E-state index contributed by atoms with van der Waals surface area (Å²) in [7, 11) is 1.34. The molecule has 0 aliphatic rings. The number of ether oxygens (including phenoxy) is 1. The third-order valence-electron chi connectivity index (χ3n) is 2.88. The van der Waals surface area contributed by atoms with Crippen molar-refractivity contribution >= 4 is 17.8 Å². The van der Waals surface area contributed by atoms with Crippen LogP contribution in [0.15, 0.2) is 0 Å². The number of hydrogen-bond acceptors (Lipinski definition) is 4. The van der Waals surface area contributed by atoms with Gasteiger partial charge >= 0.3 is 5.97 Å². The largest absolute Gasteiger partial charge is 0.469 e.